The van der Waals surface area contributed by atoms with Crippen molar-refractivity contribution in [3.63, 3.8) is 0 Å². The third kappa shape index (κ3) is 4.06. The molecule has 1 aromatic carbocycles. The van der Waals surface area contributed by atoms with Gasteiger partial charge >= 0.3 is 6.09 Å². The maximum Gasteiger partial charge on any atom is 0.407 e. The van der Waals surface area contributed by atoms with Crippen molar-refractivity contribution in [1.82, 2.24) is 9.80 Å². The molecule has 134 valence electrons. The molecule has 1 amide bonds. The van der Waals surface area contributed by atoms with Crippen LogP contribution in [0.1, 0.15) is 37.3 Å². The van der Waals surface area contributed by atoms with Crippen LogP contribution in [-0.2, 0) is 15.5 Å². The van der Waals surface area contributed by atoms with Crippen molar-refractivity contribution < 1.29 is 22.9 Å². The lowest BCUT2D eigenvalue weighted by Crippen LogP contribution is -2.50. The molecule has 0 radical (unpaired) electrons. The predicted molar refractivity (Wildman–Crippen MR) is 90.6 cm³/mol. The molecule has 0 aliphatic carbocycles. The topological polar surface area (TPSA) is 98.2 Å². The van der Waals surface area contributed by atoms with Crippen molar-refractivity contribution in [1.29, 1.82) is 0 Å². The fourth-order valence-electron chi connectivity index (χ4n) is 3.09. The molecule has 7 nitrogen and oxygen atoms in total. The number of benzene rings is 1. The van der Waals surface area contributed by atoms with E-state index in [1.54, 1.807) is 17.0 Å². The third-order valence-corrected chi connectivity index (χ3v) is 5.35. The molecule has 0 bridgehead atoms. The zero-order valence-electron chi connectivity index (χ0n) is 14.1. The fourth-order valence-corrected chi connectivity index (χ4v) is 4.20. The van der Waals surface area contributed by atoms with E-state index >= 15 is 0 Å². The van der Waals surface area contributed by atoms with E-state index in [0.717, 1.165) is 5.56 Å². The first-order chi connectivity index (χ1) is 11.0. The smallest absolute Gasteiger partial charge is 0.407 e. The summed E-state index contributed by atoms with van der Waals surface area (Å²) in [4.78, 5) is 13.9. The van der Waals surface area contributed by atoms with Gasteiger partial charge in [0.05, 0.1) is 0 Å². The van der Waals surface area contributed by atoms with Gasteiger partial charge in [-0.25, -0.2) is 4.79 Å². The number of hydrogen-bond donors (Lipinski definition) is 2. The summed E-state index contributed by atoms with van der Waals surface area (Å²) in [7, 11) is -4.38. The molecule has 1 atom stereocenters. The van der Waals surface area contributed by atoms with Crippen molar-refractivity contribution >= 4 is 16.2 Å². The Hall–Kier alpha value is -1.64. The van der Waals surface area contributed by atoms with E-state index in [1.165, 1.54) is 4.90 Å². The standard InChI is InChI=1S/C16H24N2O5S/c1-16(2,3)13-7-5-4-6-12(13)14(24(21,22)23)17-8-10-18(11-9-17)15(19)20/h4-7,14H,8-11H2,1-3H3,(H,19,20)(H,21,22,23). The Kier molecular flexibility index (Phi) is 5.22. The summed E-state index contributed by atoms with van der Waals surface area (Å²) in [5.74, 6) is 0. The van der Waals surface area contributed by atoms with E-state index in [0.29, 0.717) is 5.56 Å². The second-order valence-electron chi connectivity index (χ2n) is 7.01. The summed E-state index contributed by atoms with van der Waals surface area (Å²) in [6, 6.07) is 7.16. The Morgan fingerprint density at radius 2 is 1.67 bits per heavy atom. The molecule has 1 unspecified atom stereocenters. The largest absolute Gasteiger partial charge is 0.465 e. The Morgan fingerprint density at radius 3 is 2.12 bits per heavy atom. The molecular formula is C16H24N2O5S. The molecule has 1 aliphatic rings. The lowest BCUT2D eigenvalue weighted by Gasteiger charge is -2.38. The molecule has 2 N–H and O–H groups in total. The maximum absolute atomic E-state index is 12.1. The monoisotopic (exact) mass is 356 g/mol. The van der Waals surface area contributed by atoms with E-state index in [-0.39, 0.29) is 31.6 Å². The van der Waals surface area contributed by atoms with Crippen LogP contribution in [0.25, 0.3) is 0 Å². The number of nitrogens with zero attached hydrogens (tertiary/aromatic N) is 2. The van der Waals surface area contributed by atoms with Crippen molar-refractivity contribution in [3.8, 4) is 0 Å². The van der Waals surface area contributed by atoms with Gasteiger partial charge in [0.15, 0.2) is 5.37 Å². The molecule has 1 heterocycles. The van der Waals surface area contributed by atoms with Gasteiger partial charge in [0, 0.05) is 26.2 Å². The second kappa shape index (κ2) is 6.70. The van der Waals surface area contributed by atoms with Crippen LogP contribution in [-0.4, -0.2) is 60.1 Å². The van der Waals surface area contributed by atoms with E-state index < -0.39 is 21.6 Å². The summed E-state index contributed by atoms with van der Waals surface area (Å²) >= 11 is 0. The number of carbonyl (C=O) groups is 1. The number of rotatable bonds is 3. The second-order valence-corrected chi connectivity index (χ2v) is 8.49. The normalized spacial score (nSPS) is 18.4. The van der Waals surface area contributed by atoms with Gasteiger partial charge in [-0.1, -0.05) is 45.0 Å². The highest BCUT2D eigenvalue weighted by Crippen LogP contribution is 2.35. The highest BCUT2D eigenvalue weighted by Gasteiger charge is 2.37. The SMILES string of the molecule is CC(C)(C)c1ccccc1C(N1CCN(C(=O)O)CC1)S(=O)(=O)O. The number of carboxylic acid groups (broad SMARTS) is 1. The minimum absolute atomic E-state index is 0.207. The average Bonchev–Trinajstić information content (AvgIpc) is 2.46. The van der Waals surface area contributed by atoms with Crippen molar-refractivity contribution in [2.24, 2.45) is 0 Å². The Morgan fingerprint density at radius 1 is 1.12 bits per heavy atom. The molecule has 24 heavy (non-hydrogen) atoms. The van der Waals surface area contributed by atoms with Crippen LogP contribution < -0.4 is 0 Å². The van der Waals surface area contributed by atoms with E-state index in [4.69, 9.17) is 5.11 Å². The molecular weight excluding hydrogens is 332 g/mol. The Bertz CT molecular complexity index is 703. The van der Waals surface area contributed by atoms with Crippen LogP contribution >= 0.6 is 0 Å². The number of hydrogen-bond acceptors (Lipinski definition) is 4. The van der Waals surface area contributed by atoms with Gasteiger partial charge < -0.3 is 10.0 Å². The van der Waals surface area contributed by atoms with Gasteiger partial charge in [0.2, 0.25) is 0 Å². The highest BCUT2D eigenvalue weighted by atomic mass is 32.2. The molecule has 0 spiro atoms. The van der Waals surface area contributed by atoms with Crippen molar-refractivity contribution in [2.45, 2.75) is 31.6 Å². The van der Waals surface area contributed by atoms with Crippen LogP contribution in [0.2, 0.25) is 0 Å². The number of piperazine rings is 1. The van der Waals surface area contributed by atoms with Crippen molar-refractivity contribution in [2.75, 3.05) is 26.2 Å². The van der Waals surface area contributed by atoms with Crippen molar-refractivity contribution in [3.05, 3.63) is 35.4 Å². The van der Waals surface area contributed by atoms with Crippen LogP contribution in [0.3, 0.4) is 0 Å². The third-order valence-electron chi connectivity index (χ3n) is 4.23. The molecule has 8 heteroatoms. The molecule has 2 rings (SSSR count). The van der Waals surface area contributed by atoms with Crippen LogP contribution in [0.5, 0.6) is 0 Å². The average molecular weight is 356 g/mol. The summed E-state index contributed by atoms with van der Waals surface area (Å²) in [5, 5.41) is 7.84. The quantitative estimate of drug-likeness (QED) is 0.806. The van der Waals surface area contributed by atoms with E-state index in [2.05, 4.69) is 0 Å². The summed E-state index contributed by atoms with van der Waals surface area (Å²) in [5.41, 5.74) is 1.09. The first kappa shape index (κ1) is 18.7. The van der Waals surface area contributed by atoms with Gasteiger partial charge in [-0.3, -0.25) is 9.45 Å². The Labute approximate surface area is 142 Å². The molecule has 1 fully saturated rings. The van der Waals surface area contributed by atoms with Gasteiger partial charge in [0.1, 0.15) is 0 Å². The molecule has 1 aliphatic heterocycles. The zero-order chi connectivity index (χ0) is 18.1. The molecule has 0 aromatic heterocycles. The molecule has 1 aromatic rings. The van der Waals surface area contributed by atoms with E-state index in [9.17, 15) is 17.8 Å². The minimum atomic E-state index is -4.38. The zero-order valence-corrected chi connectivity index (χ0v) is 15.0. The Balaban J connectivity index is 2.41. The lowest BCUT2D eigenvalue weighted by atomic mass is 9.83. The summed E-state index contributed by atoms with van der Waals surface area (Å²) in [6.45, 7) is 6.85. The van der Waals surface area contributed by atoms with Crippen LogP contribution in [0, 0.1) is 0 Å². The van der Waals surface area contributed by atoms with Gasteiger partial charge in [-0.2, -0.15) is 8.42 Å². The fraction of sp³-hybridized carbons (Fsp3) is 0.562. The maximum atomic E-state index is 12.1. The first-order valence-electron chi connectivity index (χ1n) is 7.79. The predicted octanol–water partition coefficient (Wildman–Crippen LogP) is 2.17. The lowest BCUT2D eigenvalue weighted by molar-refractivity contribution is 0.0980. The van der Waals surface area contributed by atoms with Gasteiger partial charge in [-0.15, -0.1) is 0 Å². The minimum Gasteiger partial charge on any atom is -0.465 e. The molecule has 0 saturated carbocycles. The molecule has 1 saturated heterocycles. The summed E-state index contributed by atoms with van der Waals surface area (Å²) < 4.78 is 34.1. The van der Waals surface area contributed by atoms with E-state index in [1.807, 2.05) is 32.9 Å². The van der Waals surface area contributed by atoms with Crippen LogP contribution in [0.4, 0.5) is 4.79 Å². The van der Waals surface area contributed by atoms with Gasteiger partial charge in [-0.05, 0) is 16.5 Å². The highest BCUT2D eigenvalue weighted by molar-refractivity contribution is 7.86. The number of amides is 1. The first-order valence-corrected chi connectivity index (χ1v) is 9.30. The van der Waals surface area contributed by atoms with Crippen LogP contribution in [0.15, 0.2) is 24.3 Å². The summed E-state index contributed by atoms with van der Waals surface area (Å²) in [6.07, 6.45) is -1.02. The van der Waals surface area contributed by atoms with Gasteiger partial charge in [0.25, 0.3) is 10.1 Å².